The summed E-state index contributed by atoms with van der Waals surface area (Å²) in [6.45, 7) is 2.17. The van der Waals surface area contributed by atoms with Gasteiger partial charge in [0.25, 0.3) is 0 Å². The molecule has 164 valence electrons. The molecule has 7 heteroatoms. The largest absolute Gasteiger partial charge is 0.493 e. The first-order chi connectivity index (χ1) is 15.7. The predicted molar refractivity (Wildman–Crippen MR) is 119 cm³/mol. The molecule has 0 saturated heterocycles. The Balaban J connectivity index is 1.29. The summed E-state index contributed by atoms with van der Waals surface area (Å²) in [5.41, 5.74) is 5.17. The molecule has 3 heterocycles. The number of benzene rings is 3. The van der Waals surface area contributed by atoms with E-state index in [1.54, 1.807) is 13.2 Å². The molecule has 3 aromatic rings. The third kappa shape index (κ3) is 3.45. The molecule has 0 spiro atoms. The zero-order chi connectivity index (χ0) is 21.7. The van der Waals surface area contributed by atoms with Gasteiger partial charge in [-0.1, -0.05) is 6.07 Å². The molecule has 0 radical (unpaired) electrons. The van der Waals surface area contributed by atoms with E-state index in [0.717, 1.165) is 49.5 Å². The minimum atomic E-state index is -0.281. The number of fused-ring (bicyclic) bond motifs is 5. The molecular weight excluding hydrogens is 429 g/mol. The summed E-state index contributed by atoms with van der Waals surface area (Å²) in [6, 6.07) is 15.1. The summed E-state index contributed by atoms with van der Waals surface area (Å²) in [7, 11) is 1.65. The van der Waals surface area contributed by atoms with Crippen LogP contribution in [-0.4, -0.2) is 25.3 Å². The summed E-state index contributed by atoms with van der Waals surface area (Å²) in [6.07, 6.45) is 1.86. The van der Waals surface area contributed by atoms with Crippen LogP contribution in [0.5, 0.6) is 23.0 Å². The first-order valence-electron chi connectivity index (χ1n) is 10.6. The third-order valence-corrected chi connectivity index (χ3v) is 7.11. The Morgan fingerprint density at radius 1 is 1.00 bits per heavy atom. The van der Waals surface area contributed by atoms with Gasteiger partial charge in [0, 0.05) is 19.1 Å². The summed E-state index contributed by atoms with van der Waals surface area (Å²) in [5, 5.41) is 0. The molecule has 0 amide bonds. The maximum Gasteiger partial charge on any atom is 0.231 e. The molecule has 0 saturated carbocycles. The molecule has 3 aliphatic heterocycles. The van der Waals surface area contributed by atoms with Crippen molar-refractivity contribution >= 4 is 12.0 Å². The van der Waals surface area contributed by atoms with Crippen molar-refractivity contribution in [2.45, 2.75) is 30.3 Å². The highest BCUT2D eigenvalue weighted by atomic mass is 32.2. The fourth-order valence-electron chi connectivity index (χ4n) is 4.82. The monoisotopic (exact) mass is 451 g/mol. The highest BCUT2D eigenvalue weighted by Crippen LogP contribution is 2.45. The summed E-state index contributed by atoms with van der Waals surface area (Å²) >= 11 is 1.14. The van der Waals surface area contributed by atoms with Crippen molar-refractivity contribution in [2.24, 2.45) is 0 Å². The van der Waals surface area contributed by atoms with Crippen LogP contribution in [0.4, 0.5) is 4.39 Å². The van der Waals surface area contributed by atoms with Gasteiger partial charge < -0.3 is 18.4 Å². The average molecular weight is 452 g/mol. The Morgan fingerprint density at radius 3 is 2.66 bits per heavy atom. The van der Waals surface area contributed by atoms with E-state index < -0.39 is 0 Å². The Bertz CT molecular complexity index is 1200. The van der Waals surface area contributed by atoms with E-state index in [1.165, 1.54) is 34.4 Å². The fraction of sp³-hybridized carbons (Fsp3) is 0.280. The first kappa shape index (κ1) is 19.8. The highest BCUT2D eigenvalue weighted by Gasteiger charge is 2.34. The van der Waals surface area contributed by atoms with Crippen LogP contribution >= 0.6 is 12.0 Å². The van der Waals surface area contributed by atoms with E-state index >= 15 is 0 Å². The molecule has 5 nitrogen and oxygen atoms in total. The second-order valence-corrected chi connectivity index (χ2v) is 9.05. The predicted octanol–water partition coefficient (Wildman–Crippen LogP) is 5.30. The maximum atomic E-state index is 13.5. The second-order valence-electron chi connectivity index (χ2n) is 8.24. The lowest BCUT2D eigenvalue weighted by atomic mass is 9.83. The zero-order valence-electron chi connectivity index (χ0n) is 17.6. The number of nitrogens with zero attached hydrogens (tertiary/aromatic N) is 1. The molecule has 6 rings (SSSR count). The van der Waals surface area contributed by atoms with Gasteiger partial charge in [-0.3, -0.25) is 4.90 Å². The molecule has 0 N–H and O–H groups in total. The summed E-state index contributed by atoms with van der Waals surface area (Å²) in [4.78, 5) is 3.23. The van der Waals surface area contributed by atoms with E-state index in [0.29, 0.717) is 23.2 Å². The normalized spacial score (nSPS) is 18.5. The number of halogens is 1. The zero-order valence-corrected chi connectivity index (χ0v) is 18.4. The van der Waals surface area contributed by atoms with E-state index in [2.05, 4.69) is 29.2 Å². The summed E-state index contributed by atoms with van der Waals surface area (Å²) in [5.74, 6) is 2.75. The SMILES string of the molecule is COc1cc2c(cc1OSc1cccc(F)c1)CCN1Cc3cc4c(cc3CC21)OCO4. The van der Waals surface area contributed by atoms with Gasteiger partial charge in [0.05, 0.1) is 24.0 Å². The molecule has 3 aromatic carbocycles. The fourth-order valence-corrected chi connectivity index (χ4v) is 5.43. The molecule has 0 aliphatic carbocycles. The Hall–Kier alpha value is -2.90. The standard InChI is InChI=1S/C25H22FNO4S/c1-28-22-12-20-15(8-25(22)31-32-19-4-2-3-18(26)11-19)5-6-27-13-17-10-24-23(29-14-30-24)9-16(17)7-21(20)27/h2-4,8-12,21H,5-7,13-14H2,1H3. The average Bonchev–Trinajstić information content (AvgIpc) is 3.26. The van der Waals surface area contributed by atoms with Crippen LogP contribution in [0.1, 0.15) is 28.3 Å². The van der Waals surface area contributed by atoms with Gasteiger partial charge in [0.2, 0.25) is 6.79 Å². The van der Waals surface area contributed by atoms with Crippen LogP contribution in [0.3, 0.4) is 0 Å². The summed E-state index contributed by atoms with van der Waals surface area (Å²) < 4.78 is 36.3. The van der Waals surface area contributed by atoms with Crippen molar-refractivity contribution in [3.63, 3.8) is 0 Å². The van der Waals surface area contributed by atoms with Crippen molar-refractivity contribution in [1.29, 1.82) is 0 Å². The van der Waals surface area contributed by atoms with E-state index in [9.17, 15) is 4.39 Å². The van der Waals surface area contributed by atoms with Gasteiger partial charge in [-0.05, 0) is 77.6 Å². The van der Waals surface area contributed by atoms with Gasteiger partial charge in [-0.25, -0.2) is 4.39 Å². The molecular formula is C25H22FNO4S. The van der Waals surface area contributed by atoms with Crippen LogP contribution in [-0.2, 0) is 19.4 Å². The van der Waals surface area contributed by atoms with E-state index in [-0.39, 0.29) is 11.9 Å². The third-order valence-electron chi connectivity index (χ3n) is 6.40. The van der Waals surface area contributed by atoms with Crippen LogP contribution in [0.25, 0.3) is 0 Å². The smallest absolute Gasteiger partial charge is 0.231 e. The van der Waals surface area contributed by atoms with Crippen molar-refractivity contribution < 1.29 is 22.8 Å². The van der Waals surface area contributed by atoms with Crippen molar-refractivity contribution in [3.8, 4) is 23.0 Å². The van der Waals surface area contributed by atoms with Crippen LogP contribution in [0, 0.1) is 5.82 Å². The molecule has 32 heavy (non-hydrogen) atoms. The van der Waals surface area contributed by atoms with Gasteiger partial charge in [0.1, 0.15) is 5.82 Å². The topological polar surface area (TPSA) is 40.2 Å². The Kier molecular flexibility index (Phi) is 4.88. The maximum absolute atomic E-state index is 13.5. The van der Waals surface area contributed by atoms with E-state index in [4.69, 9.17) is 18.4 Å². The lowest BCUT2D eigenvalue weighted by Crippen LogP contribution is -2.39. The second kappa shape index (κ2) is 7.90. The Morgan fingerprint density at radius 2 is 1.84 bits per heavy atom. The number of hydrogen-bond donors (Lipinski definition) is 0. The number of hydrogen-bond acceptors (Lipinski definition) is 6. The quantitative estimate of drug-likeness (QED) is 0.501. The van der Waals surface area contributed by atoms with Gasteiger partial charge in [-0.15, -0.1) is 0 Å². The van der Waals surface area contributed by atoms with Gasteiger partial charge in [-0.2, -0.15) is 0 Å². The number of methoxy groups -OCH3 is 1. The van der Waals surface area contributed by atoms with Crippen LogP contribution in [0.2, 0.25) is 0 Å². The molecule has 0 aromatic heterocycles. The number of ether oxygens (including phenoxy) is 3. The van der Waals surface area contributed by atoms with Gasteiger partial charge >= 0.3 is 0 Å². The molecule has 3 aliphatic rings. The van der Waals surface area contributed by atoms with Crippen molar-refractivity contribution in [3.05, 3.63) is 76.6 Å². The molecule has 0 fully saturated rings. The minimum absolute atomic E-state index is 0.281. The van der Waals surface area contributed by atoms with Crippen molar-refractivity contribution in [2.75, 3.05) is 20.4 Å². The van der Waals surface area contributed by atoms with Crippen LogP contribution < -0.4 is 18.4 Å². The number of rotatable bonds is 4. The van der Waals surface area contributed by atoms with Crippen molar-refractivity contribution in [1.82, 2.24) is 4.90 Å². The minimum Gasteiger partial charge on any atom is -0.493 e. The molecule has 1 unspecified atom stereocenters. The molecule has 0 bridgehead atoms. The Labute approximate surface area is 190 Å². The lowest BCUT2D eigenvalue weighted by molar-refractivity contribution is 0.160. The molecule has 1 atom stereocenters. The van der Waals surface area contributed by atoms with Gasteiger partial charge in [0.15, 0.2) is 23.0 Å². The lowest BCUT2D eigenvalue weighted by Gasteiger charge is -2.41. The van der Waals surface area contributed by atoms with Crippen LogP contribution in [0.15, 0.2) is 53.4 Å². The highest BCUT2D eigenvalue weighted by molar-refractivity contribution is 7.95. The first-order valence-corrected chi connectivity index (χ1v) is 11.4. The van der Waals surface area contributed by atoms with E-state index in [1.807, 2.05) is 6.07 Å².